The molecule has 2 rings (SSSR count). The summed E-state index contributed by atoms with van der Waals surface area (Å²) in [4.78, 5) is 11.9. The molecule has 0 aromatic heterocycles. The van der Waals surface area contributed by atoms with Crippen LogP contribution in [0.5, 0.6) is 0 Å². The van der Waals surface area contributed by atoms with Gasteiger partial charge in [-0.2, -0.15) is 0 Å². The zero-order valence-electron chi connectivity index (χ0n) is 10.7. The molecule has 3 nitrogen and oxygen atoms in total. The number of amides is 1. The molecule has 2 saturated carbocycles. The zero-order valence-corrected chi connectivity index (χ0v) is 10.7. The molecule has 0 atom stereocenters. The quantitative estimate of drug-likeness (QED) is 0.772. The highest BCUT2D eigenvalue weighted by Crippen LogP contribution is 2.31. The first-order valence-electron chi connectivity index (χ1n) is 7.18. The maximum Gasteiger partial charge on any atom is 0.223 e. The van der Waals surface area contributed by atoms with E-state index in [1.54, 1.807) is 0 Å². The lowest BCUT2D eigenvalue weighted by atomic mass is 9.80. The predicted molar refractivity (Wildman–Crippen MR) is 67.5 cm³/mol. The minimum atomic E-state index is 0.241. The van der Waals surface area contributed by atoms with Crippen molar-refractivity contribution in [1.29, 1.82) is 0 Å². The topological polar surface area (TPSA) is 49.3 Å². The molecule has 0 aromatic rings. The fraction of sp³-hybridized carbons (Fsp3) is 0.929. The fourth-order valence-electron chi connectivity index (χ4n) is 2.98. The highest BCUT2D eigenvalue weighted by atomic mass is 16.3. The number of carbonyl (C=O) groups excluding carboxylic acids is 1. The molecular weight excluding hydrogens is 214 g/mol. The second kappa shape index (κ2) is 6.39. The van der Waals surface area contributed by atoms with E-state index >= 15 is 0 Å². The fourth-order valence-corrected chi connectivity index (χ4v) is 2.98. The smallest absolute Gasteiger partial charge is 0.223 e. The Balaban J connectivity index is 1.63. The molecule has 1 amide bonds. The van der Waals surface area contributed by atoms with Gasteiger partial charge in [-0.05, 0) is 56.8 Å². The lowest BCUT2D eigenvalue weighted by molar-refractivity contribution is -0.126. The lowest BCUT2D eigenvalue weighted by Crippen LogP contribution is -2.37. The van der Waals surface area contributed by atoms with Gasteiger partial charge in [-0.25, -0.2) is 0 Å². The Bertz CT molecular complexity index is 243. The van der Waals surface area contributed by atoms with Crippen LogP contribution in [0.15, 0.2) is 0 Å². The van der Waals surface area contributed by atoms with Crippen LogP contribution < -0.4 is 5.32 Å². The zero-order chi connectivity index (χ0) is 12.1. The van der Waals surface area contributed by atoms with Crippen molar-refractivity contribution >= 4 is 5.91 Å². The van der Waals surface area contributed by atoms with Crippen LogP contribution >= 0.6 is 0 Å². The molecule has 0 unspecified atom stereocenters. The summed E-state index contributed by atoms with van der Waals surface area (Å²) in [5.74, 6) is 1.92. The number of hydrogen-bond acceptors (Lipinski definition) is 2. The molecule has 0 heterocycles. The molecule has 0 saturated heterocycles. The van der Waals surface area contributed by atoms with Gasteiger partial charge in [0.25, 0.3) is 0 Å². The van der Waals surface area contributed by atoms with E-state index in [-0.39, 0.29) is 11.8 Å². The largest absolute Gasteiger partial charge is 0.396 e. The van der Waals surface area contributed by atoms with Crippen molar-refractivity contribution in [3.63, 3.8) is 0 Å². The van der Waals surface area contributed by atoms with E-state index < -0.39 is 0 Å². The first-order valence-corrected chi connectivity index (χ1v) is 7.18. The van der Waals surface area contributed by atoms with Gasteiger partial charge in [-0.3, -0.25) is 4.79 Å². The Hall–Kier alpha value is -0.570. The SMILES string of the molecule is O=C(NCC1CCC1)C1CCC(CCO)CC1. The summed E-state index contributed by atoms with van der Waals surface area (Å²) >= 11 is 0. The second-order valence-corrected chi connectivity index (χ2v) is 5.77. The van der Waals surface area contributed by atoms with E-state index in [1.807, 2.05) is 0 Å². The summed E-state index contributed by atoms with van der Waals surface area (Å²) in [5.41, 5.74) is 0. The Labute approximate surface area is 104 Å². The van der Waals surface area contributed by atoms with Crippen LogP contribution in [0, 0.1) is 17.8 Å². The third kappa shape index (κ3) is 3.70. The highest BCUT2D eigenvalue weighted by Gasteiger charge is 2.26. The maximum absolute atomic E-state index is 11.9. The van der Waals surface area contributed by atoms with Crippen molar-refractivity contribution < 1.29 is 9.90 Å². The van der Waals surface area contributed by atoms with Crippen LogP contribution in [-0.2, 0) is 4.79 Å². The molecule has 0 aromatic carbocycles. The van der Waals surface area contributed by atoms with Crippen LogP contribution in [-0.4, -0.2) is 24.2 Å². The molecule has 3 heteroatoms. The van der Waals surface area contributed by atoms with Gasteiger partial charge < -0.3 is 10.4 Å². The minimum absolute atomic E-state index is 0.241. The molecule has 17 heavy (non-hydrogen) atoms. The molecule has 2 N–H and O–H groups in total. The Morgan fingerprint density at radius 1 is 1.06 bits per heavy atom. The van der Waals surface area contributed by atoms with E-state index in [4.69, 9.17) is 5.11 Å². The summed E-state index contributed by atoms with van der Waals surface area (Å²) in [7, 11) is 0. The average molecular weight is 239 g/mol. The molecule has 2 aliphatic carbocycles. The van der Waals surface area contributed by atoms with E-state index in [2.05, 4.69) is 5.32 Å². The Kier molecular flexibility index (Phi) is 4.84. The molecule has 98 valence electrons. The maximum atomic E-state index is 11.9. The van der Waals surface area contributed by atoms with Gasteiger partial charge in [-0.1, -0.05) is 6.42 Å². The lowest BCUT2D eigenvalue weighted by Gasteiger charge is -2.29. The Morgan fingerprint density at radius 3 is 2.29 bits per heavy atom. The van der Waals surface area contributed by atoms with Crippen LogP contribution in [0.25, 0.3) is 0 Å². The molecule has 2 aliphatic rings. The van der Waals surface area contributed by atoms with Crippen LogP contribution in [0.1, 0.15) is 51.4 Å². The predicted octanol–water partition coefficient (Wildman–Crippen LogP) is 2.09. The number of aliphatic hydroxyl groups excluding tert-OH is 1. The first kappa shape index (κ1) is 12.9. The van der Waals surface area contributed by atoms with Gasteiger partial charge in [-0.15, -0.1) is 0 Å². The summed E-state index contributed by atoms with van der Waals surface area (Å²) in [6, 6.07) is 0. The van der Waals surface area contributed by atoms with Crippen molar-refractivity contribution in [2.24, 2.45) is 17.8 Å². The van der Waals surface area contributed by atoms with E-state index in [1.165, 1.54) is 19.3 Å². The second-order valence-electron chi connectivity index (χ2n) is 5.77. The van der Waals surface area contributed by atoms with Crippen LogP contribution in [0.2, 0.25) is 0 Å². The molecule has 2 fully saturated rings. The summed E-state index contributed by atoms with van der Waals surface area (Å²) in [6.45, 7) is 1.19. The number of rotatable bonds is 5. The van der Waals surface area contributed by atoms with Gasteiger partial charge in [0.1, 0.15) is 0 Å². The summed E-state index contributed by atoms with van der Waals surface area (Å²) < 4.78 is 0. The van der Waals surface area contributed by atoms with Crippen molar-refractivity contribution in [2.45, 2.75) is 51.4 Å². The first-order chi connectivity index (χ1) is 8.29. The normalized spacial score (nSPS) is 29.7. The summed E-state index contributed by atoms with van der Waals surface area (Å²) in [6.07, 6.45) is 9.10. The van der Waals surface area contributed by atoms with Gasteiger partial charge in [0.15, 0.2) is 0 Å². The number of aliphatic hydroxyl groups is 1. The van der Waals surface area contributed by atoms with Gasteiger partial charge in [0, 0.05) is 19.1 Å². The average Bonchev–Trinajstić information content (AvgIpc) is 2.28. The van der Waals surface area contributed by atoms with Crippen LogP contribution in [0.3, 0.4) is 0 Å². The van der Waals surface area contributed by atoms with Crippen molar-refractivity contribution in [3.05, 3.63) is 0 Å². The van der Waals surface area contributed by atoms with Crippen molar-refractivity contribution in [1.82, 2.24) is 5.32 Å². The monoisotopic (exact) mass is 239 g/mol. The Morgan fingerprint density at radius 2 is 1.76 bits per heavy atom. The minimum Gasteiger partial charge on any atom is -0.396 e. The molecular formula is C14H25NO2. The number of nitrogens with one attached hydrogen (secondary N) is 1. The van der Waals surface area contributed by atoms with E-state index in [0.717, 1.165) is 44.6 Å². The highest BCUT2D eigenvalue weighted by molar-refractivity contribution is 5.78. The standard InChI is InChI=1S/C14H25NO2/c16-9-8-11-4-6-13(7-5-11)14(17)15-10-12-2-1-3-12/h11-13,16H,1-10H2,(H,15,17). The van der Waals surface area contributed by atoms with E-state index in [0.29, 0.717) is 12.5 Å². The van der Waals surface area contributed by atoms with Gasteiger partial charge >= 0.3 is 0 Å². The van der Waals surface area contributed by atoms with Gasteiger partial charge in [0.05, 0.1) is 0 Å². The van der Waals surface area contributed by atoms with Crippen molar-refractivity contribution in [3.8, 4) is 0 Å². The third-order valence-corrected chi connectivity index (χ3v) is 4.54. The number of hydrogen-bond donors (Lipinski definition) is 2. The van der Waals surface area contributed by atoms with Crippen molar-refractivity contribution in [2.75, 3.05) is 13.2 Å². The third-order valence-electron chi connectivity index (χ3n) is 4.54. The molecule has 0 bridgehead atoms. The van der Waals surface area contributed by atoms with E-state index in [9.17, 15) is 4.79 Å². The molecule has 0 spiro atoms. The van der Waals surface area contributed by atoms with Crippen LogP contribution in [0.4, 0.5) is 0 Å². The van der Waals surface area contributed by atoms with Gasteiger partial charge in [0.2, 0.25) is 5.91 Å². The number of carbonyl (C=O) groups is 1. The summed E-state index contributed by atoms with van der Waals surface area (Å²) in [5, 5.41) is 12.0. The molecule has 0 radical (unpaired) electrons. The molecule has 0 aliphatic heterocycles.